The van der Waals surface area contributed by atoms with Gasteiger partial charge in [-0.2, -0.15) is 0 Å². The molecule has 0 amide bonds. The maximum absolute atomic E-state index is 5.85. The highest BCUT2D eigenvalue weighted by Crippen LogP contribution is 2.35. The third kappa shape index (κ3) is 6.58. The summed E-state index contributed by atoms with van der Waals surface area (Å²) in [5.74, 6) is 1.92. The van der Waals surface area contributed by atoms with Gasteiger partial charge in [-0.1, -0.05) is 32.0 Å². The Morgan fingerprint density at radius 1 is 0.793 bits per heavy atom. The molecule has 1 heterocycles. The standard InChI is InChI=1S/C20H23N3O4.C2H6/c1-24-8-10-26-18-12-16-17(13-19(18)27-11-9-25-2)21-14-22-20(16)23-15-6-4-3-5-7-15;1-2/h3-7,12-14H,8-11H2,1-2H3,(H,21,22,23);1-2H3. The molecular weight excluding hydrogens is 370 g/mol. The van der Waals surface area contributed by atoms with Crippen molar-refractivity contribution in [1.29, 1.82) is 0 Å². The van der Waals surface area contributed by atoms with E-state index in [0.29, 0.717) is 43.7 Å². The molecule has 1 N–H and O–H groups in total. The van der Waals surface area contributed by atoms with Crippen LogP contribution in [0.15, 0.2) is 48.8 Å². The molecule has 0 aliphatic heterocycles. The molecule has 0 aliphatic carbocycles. The van der Waals surface area contributed by atoms with Crippen LogP contribution in [0.3, 0.4) is 0 Å². The number of ether oxygens (including phenoxy) is 4. The van der Waals surface area contributed by atoms with Gasteiger partial charge in [0.05, 0.1) is 18.7 Å². The minimum atomic E-state index is 0.414. The summed E-state index contributed by atoms with van der Waals surface area (Å²) in [7, 11) is 3.27. The monoisotopic (exact) mass is 399 g/mol. The smallest absolute Gasteiger partial charge is 0.163 e. The van der Waals surface area contributed by atoms with Gasteiger partial charge < -0.3 is 24.3 Å². The zero-order chi connectivity index (χ0) is 20.9. The van der Waals surface area contributed by atoms with Crippen LogP contribution in [0.25, 0.3) is 10.9 Å². The first-order valence-corrected chi connectivity index (χ1v) is 9.66. The van der Waals surface area contributed by atoms with Crippen molar-refractivity contribution < 1.29 is 18.9 Å². The molecule has 7 nitrogen and oxygen atoms in total. The molecule has 0 unspecified atom stereocenters. The maximum Gasteiger partial charge on any atom is 0.163 e. The van der Waals surface area contributed by atoms with Gasteiger partial charge in [-0.25, -0.2) is 9.97 Å². The van der Waals surface area contributed by atoms with E-state index in [4.69, 9.17) is 18.9 Å². The summed E-state index contributed by atoms with van der Waals surface area (Å²) in [5, 5.41) is 4.16. The van der Waals surface area contributed by atoms with Gasteiger partial charge in [0, 0.05) is 31.4 Å². The quantitative estimate of drug-likeness (QED) is 0.505. The molecule has 0 spiro atoms. The van der Waals surface area contributed by atoms with Crippen molar-refractivity contribution in [2.75, 3.05) is 46.0 Å². The highest BCUT2D eigenvalue weighted by atomic mass is 16.5. The predicted molar refractivity (Wildman–Crippen MR) is 115 cm³/mol. The number of hydrogen-bond donors (Lipinski definition) is 1. The van der Waals surface area contributed by atoms with Crippen molar-refractivity contribution in [2.24, 2.45) is 0 Å². The summed E-state index contributed by atoms with van der Waals surface area (Å²) in [6.45, 7) is 5.80. The summed E-state index contributed by atoms with van der Waals surface area (Å²) < 4.78 is 21.8. The Labute approximate surface area is 172 Å². The van der Waals surface area contributed by atoms with Crippen molar-refractivity contribution in [3.05, 3.63) is 48.8 Å². The number of hydrogen-bond acceptors (Lipinski definition) is 7. The number of nitrogens with one attached hydrogen (secondary N) is 1. The fourth-order valence-electron chi connectivity index (χ4n) is 2.52. The molecule has 3 aromatic rings. The maximum atomic E-state index is 5.85. The van der Waals surface area contributed by atoms with Gasteiger partial charge in [0.15, 0.2) is 11.5 Å². The Hall–Kier alpha value is -2.90. The molecule has 0 atom stereocenters. The molecule has 156 valence electrons. The van der Waals surface area contributed by atoms with Crippen LogP contribution in [-0.4, -0.2) is 50.6 Å². The zero-order valence-corrected chi connectivity index (χ0v) is 17.5. The lowest BCUT2D eigenvalue weighted by Gasteiger charge is -2.15. The van der Waals surface area contributed by atoms with Crippen LogP contribution in [0.5, 0.6) is 11.5 Å². The second kappa shape index (κ2) is 12.5. The third-order valence-electron chi connectivity index (χ3n) is 3.83. The lowest BCUT2D eigenvalue weighted by molar-refractivity contribution is 0.132. The van der Waals surface area contributed by atoms with Gasteiger partial charge in [0.2, 0.25) is 0 Å². The Balaban J connectivity index is 0.00000145. The van der Waals surface area contributed by atoms with E-state index in [2.05, 4.69) is 15.3 Å². The minimum absolute atomic E-state index is 0.414. The average molecular weight is 399 g/mol. The fraction of sp³-hybridized carbons (Fsp3) is 0.364. The molecule has 0 fully saturated rings. The second-order valence-electron chi connectivity index (χ2n) is 5.71. The number of aromatic nitrogens is 2. The summed E-state index contributed by atoms with van der Waals surface area (Å²) in [4.78, 5) is 8.75. The molecule has 29 heavy (non-hydrogen) atoms. The van der Waals surface area contributed by atoms with E-state index < -0.39 is 0 Å². The number of nitrogens with zero attached hydrogens (tertiary/aromatic N) is 2. The molecule has 3 rings (SSSR count). The molecule has 7 heteroatoms. The second-order valence-corrected chi connectivity index (χ2v) is 5.71. The van der Waals surface area contributed by atoms with Crippen molar-refractivity contribution in [2.45, 2.75) is 13.8 Å². The number of benzene rings is 2. The van der Waals surface area contributed by atoms with Gasteiger partial charge in [-0.15, -0.1) is 0 Å². The number of para-hydroxylation sites is 1. The molecule has 1 aromatic heterocycles. The van der Waals surface area contributed by atoms with Crippen LogP contribution in [0.1, 0.15) is 13.8 Å². The molecule has 0 radical (unpaired) electrons. The van der Waals surface area contributed by atoms with Crippen molar-refractivity contribution in [3.63, 3.8) is 0 Å². The van der Waals surface area contributed by atoms with E-state index in [1.54, 1.807) is 14.2 Å². The lowest BCUT2D eigenvalue weighted by Crippen LogP contribution is -2.09. The fourth-order valence-corrected chi connectivity index (χ4v) is 2.52. The first-order chi connectivity index (χ1) is 14.3. The van der Waals surface area contributed by atoms with E-state index in [1.165, 1.54) is 6.33 Å². The van der Waals surface area contributed by atoms with Crippen LogP contribution < -0.4 is 14.8 Å². The normalized spacial score (nSPS) is 10.2. The SMILES string of the molecule is CC.COCCOc1cc2ncnc(Nc3ccccc3)c2cc1OCCOC. The molecular formula is C22H29N3O4. The number of fused-ring (bicyclic) bond motifs is 1. The Morgan fingerprint density at radius 3 is 2.03 bits per heavy atom. The van der Waals surface area contributed by atoms with Crippen LogP contribution >= 0.6 is 0 Å². The highest BCUT2D eigenvalue weighted by Gasteiger charge is 2.12. The molecule has 0 bridgehead atoms. The molecule has 0 aliphatic rings. The van der Waals surface area contributed by atoms with Gasteiger partial charge >= 0.3 is 0 Å². The van der Waals surface area contributed by atoms with Crippen molar-refractivity contribution in [3.8, 4) is 11.5 Å². The third-order valence-corrected chi connectivity index (χ3v) is 3.83. The van der Waals surface area contributed by atoms with Gasteiger partial charge in [0.25, 0.3) is 0 Å². The summed E-state index contributed by atoms with van der Waals surface area (Å²) in [5.41, 5.74) is 1.70. The van der Waals surface area contributed by atoms with E-state index in [0.717, 1.165) is 16.6 Å². The first kappa shape index (κ1) is 22.4. The van der Waals surface area contributed by atoms with E-state index in [9.17, 15) is 0 Å². The van der Waals surface area contributed by atoms with Gasteiger partial charge in [0.1, 0.15) is 25.4 Å². The lowest BCUT2D eigenvalue weighted by atomic mass is 10.2. The molecule has 2 aromatic carbocycles. The van der Waals surface area contributed by atoms with Crippen LogP contribution in [-0.2, 0) is 9.47 Å². The van der Waals surface area contributed by atoms with Gasteiger partial charge in [-0.05, 0) is 18.2 Å². The Kier molecular flexibility index (Phi) is 9.68. The first-order valence-electron chi connectivity index (χ1n) is 9.66. The molecule has 0 saturated carbocycles. The van der Waals surface area contributed by atoms with Crippen LogP contribution in [0.2, 0.25) is 0 Å². The van der Waals surface area contributed by atoms with Crippen LogP contribution in [0.4, 0.5) is 11.5 Å². The zero-order valence-electron chi connectivity index (χ0n) is 17.5. The molecule has 0 saturated heterocycles. The minimum Gasteiger partial charge on any atom is -0.487 e. The number of anilines is 2. The predicted octanol–water partition coefficient (Wildman–Crippen LogP) is 4.45. The van der Waals surface area contributed by atoms with E-state index >= 15 is 0 Å². The Bertz CT molecular complexity index is 859. The van der Waals surface area contributed by atoms with E-state index in [-0.39, 0.29) is 0 Å². The topological polar surface area (TPSA) is 74.7 Å². The van der Waals surface area contributed by atoms with Crippen molar-refractivity contribution in [1.82, 2.24) is 9.97 Å². The highest BCUT2D eigenvalue weighted by molar-refractivity contribution is 5.93. The summed E-state index contributed by atoms with van der Waals surface area (Å²) >= 11 is 0. The van der Waals surface area contributed by atoms with Crippen LogP contribution in [0, 0.1) is 0 Å². The number of methoxy groups -OCH3 is 2. The van der Waals surface area contributed by atoms with Crippen molar-refractivity contribution >= 4 is 22.4 Å². The van der Waals surface area contributed by atoms with Gasteiger partial charge in [-0.3, -0.25) is 0 Å². The number of rotatable bonds is 10. The largest absolute Gasteiger partial charge is 0.487 e. The summed E-state index contributed by atoms with van der Waals surface area (Å²) in [6, 6.07) is 13.6. The summed E-state index contributed by atoms with van der Waals surface area (Å²) in [6.07, 6.45) is 1.53. The average Bonchev–Trinajstić information content (AvgIpc) is 2.77. The Morgan fingerprint density at radius 2 is 1.41 bits per heavy atom. The van der Waals surface area contributed by atoms with E-state index in [1.807, 2.05) is 56.3 Å².